The fraction of sp³-hybridized carbons (Fsp3) is 0.176. The first-order valence-electron chi connectivity index (χ1n) is 7.41. The summed E-state index contributed by atoms with van der Waals surface area (Å²) in [5, 5.41) is 9.35. The number of fused-ring (bicyclic) bond motifs is 1. The molecule has 0 bridgehead atoms. The van der Waals surface area contributed by atoms with Gasteiger partial charge in [0.05, 0.1) is 28.0 Å². The summed E-state index contributed by atoms with van der Waals surface area (Å²) in [6, 6.07) is 8.51. The van der Waals surface area contributed by atoms with Gasteiger partial charge >= 0.3 is 0 Å². The number of H-pyrrole nitrogens is 1. The maximum absolute atomic E-state index is 5.93. The average Bonchev–Trinajstić information content (AvgIpc) is 3.26. The van der Waals surface area contributed by atoms with Gasteiger partial charge in [-0.2, -0.15) is 5.10 Å². The maximum atomic E-state index is 5.93. The van der Waals surface area contributed by atoms with Crippen LogP contribution in [-0.4, -0.2) is 19.7 Å². The highest BCUT2D eigenvalue weighted by atomic mass is 35.5. The molecule has 0 radical (unpaired) electrons. The summed E-state index contributed by atoms with van der Waals surface area (Å²) >= 11 is 7.62. The van der Waals surface area contributed by atoms with Gasteiger partial charge in [0.2, 0.25) is 0 Å². The molecule has 116 valence electrons. The van der Waals surface area contributed by atoms with Crippen molar-refractivity contribution in [1.82, 2.24) is 19.7 Å². The van der Waals surface area contributed by atoms with Crippen molar-refractivity contribution >= 4 is 33.8 Å². The second kappa shape index (κ2) is 5.83. The molecule has 23 heavy (non-hydrogen) atoms. The van der Waals surface area contributed by atoms with Crippen LogP contribution in [0.25, 0.3) is 22.2 Å². The lowest BCUT2D eigenvalue weighted by atomic mass is 10.1. The molecule has 4 nitrogen and oxygen atoms in total. The minimum absolute atomic E-state index is 0.226. The van der Waals surface area contributed by atoms with Crippen molar-refractivity contribution in [1.29, 1.82) is 0 Å². The zero-order valence-corrected chi connectivity index (χ0v) is 14.1. The summed E-state index contributed by atoms with van der Waals surface area (Å²) in [6.07, 6.45) is 6.38. The fourth-order valence-electron chi connectivity index (χ4n) is 2.71. The van der Waals surface area contributed by atoms with E-state index in [1.807, 2.05) is 23.1 Å². The van der Waals surface area contributed by atoms with Gasteiger partial charge in [-0.3, -0.25) is 4.68 Å². The highest BCUT2D eigenvalue weighted by Gasteiger charge is 2.13. The molecule has 4 rings (SSSR count). The van der Waals surface area contributed by atoms with Gasteiger partial charge in [-0.15, -0.1) is 11.3 Å². The monoisotopic (exact) mass is 342 g/mol. The molecule has 0 saturated carbocycles. The second-order valence-corrected chi connectivity index (χ2v) is 6.95. The number of nitrogens with zero attached hydrogens (tertiary/aromatic N) is 3. The van der Waals surface area contributed by atoms with Gasteiger partial charge in [-0.05, 0) is 13.0 Å². The second-order valence-electron chi connectivity index (χ2n) is 5.57. The van der Waals surface area contributed by atoms with Crippen molar-refractivity contribution in [3.05, 3.63) is 58.3 Å². The zero-order chi connectivity index (χ0) is 15.8. The fourth-order valence-corrected chi connectivity index (χ4v) is 3.77. The maximum Gasteiger partial charge on any atom is 0.0953 e. The number of halogens is 1. The number of aromatic nitrogens is 4. The molecule has 1 atom stereocenters. The highest BCUT2D eigenvalue weighted by molar-refractivity contribution is 7.10. The van der Waals surface area contributed by atoms with Crippen LogP contribution in [0.5, 0.6) is 0 Å². The predicted molar refractivity (Wildman–Crippen MR) is 95.1 cm³/mol. The number of rotatable bonds is 4. The number of aromatic amines is 1. The average molecular weight is 343 g/mol. The molecular formula is C17H15ClN4S. The molecule has 1 N–H and O–H groups in total. The molecule has 4 aromatic rings. The lowest BCUT2D eigenvalue weighted by molar-refractivity contribution is 0.488. The van der Waals surface area contributed by atoms with Crippen LogP contribution < -0.4 is 0 Å². The topological polar surface area (TPSA) is 46.5 Å². The number of benzene rings is 1. The summed E-state index contributed by atoms with van der Waals surface area (Å²) in [5.74, 6) is 0. The van der Waals surface area contributed by atoms with E-state index >= 15 is 0 Å². The van der Waals surface area contributed by atoms with E-state index in [9.17, 15) is 0 Å². The number of hydrogen-bond donors (Lipinski definition) is 1. The third kappa shape index (κ3) is 2.78. The third-order valence-corrected chi connectivity index (χ3v) is 4.97. The first-order chi connectivity index (χ1) is 11.2. The summed E-state index contributed by atoms with van der Waals surface area (Å²) in [5.41, 5.74) is 3.31. The lowest BCUT2D eigenvalue weighted by Gasteiger charge is -2.09. The smallest absolute Gasteiger partial charge is 0.0953 e. The number of thiazole rings is 1. The van der Waals surface area contributed by atoms with Crippen LogP contribution in [0.1, 0.15) is 18.0 Å². The molecule has 1 aromatic carbocycles. The van der Waals surface area contributed by atoms with Crippen molar-refractivity contribution in [3.63, 3.8) is 0 Å². The molecule has 0 spiro atoms. The largest absolute Gasteiger partial charge is 0.360 e. The van der Waals surface area contributed by atoms with Crippen LogP contribution in [0.2, 0.25) is 5.02 Å². The van der Waals surface area contributed by atoms with Gasteiger partial charge in [-0.25, -0.2) is 4.98 Å². The molecule has 0 aliphatic carbocycles. The van der Waals surface area contributed by atoms with E-state index in [0.717, 1.165) is 28.2 Å². The minimum atomic E-state index is 0.226. The van der Waals surface area contributed by atoms with E-state index in [2.05, 4.69) is 40.6 Å². The van der Waals surface area contributed by atoms with Crippen LogP contribution in [-0.2, 0) is 6.42 Å². The van der Waals surface area contributed by atoms with Gasteiger partial charge in [0.15, 0.2) is 0 Å². The quantitative estimate of drug-likeness (QED) is 0.570. The predicted octanol–water partition coefficient (Wildman–Crippen LogP) is 4.95. The summed E-state index contributed by atoms with van der Waals surface area (Å²) in [7, 11) is 0. The Kier molecular flexibility index (Phi) is 3.67. The Morgan fingerprint density at radius 3 is 3.04 bits per heavy atom. The van der Waals surface area contributed by atoms with E-state index < -0.39 is 0 Å². The Morgan fingerprint density at radius 1 is 1.35 bits per heavy atom. The van der Waals surface area contributed by atoms with Gasteiger partial charge in [-0.1, -0.05) is 29.8 Å². The highest BCUT2D eigenvalue weighted by Crippen LogP contribution is 2.30. The summed E-state index contributed by atoms with van der Waals surface area (Å²) in [4.78, 5) is 8.10. The Labute approximate surface area is 142 Å². The van der Waals surface area contributed by atoms with Crippen molar-refractivity contribution < 1.29 is 0 Å². The molecule has 3 heterocycles. The third-order valence-electron chi connectivity index (χ3n) is 3.91. The van der Waals surface area contributed by atoms with Crippen LogP contribution in [0.3, 0.4) is 0 Å². The number of nitrogens with one attached hydrogen (secondary N) is 1. The van der Waals surface area contributed by atoms with Crippen LogP contribution in [0.4, 0.5) is 0 Å². The van der Waals surface area contributed by atoms with Gasteiger partial charge in [0.25, 0.3) is 0 Å². The molecule has 0 aliphatic rings. The standard InChI is InChI=1S/C17H15ClN4S/c1-11(22-9-12(18)7-20-22)6-17-21-16(10-23-17)14-8-19-15-5-3-2-4-13(14)15/h2-5,7-11,19H,6H2,1H3. The Balaban J connectivity index is 1.59. The molecule has 0 fully saturated rings. The molecule has 0 saturated heterocycles. The molecule has 3 aromatic heterocycles. The number of para-hydroxylation sites is 1. The van der Waals surface area contributed by atoms with Gasteiger partial charge in [0.1, 0.15) is 0 Å². The van der Waals surface area contributed by atoms with Crippen molar-refractivity contribution in [3.8, 4) is 11.3 Å². The van der Waals surface area contributed by atoms with E-state index in [4.69, 9.17) is 16.6 Å². The molecule has 6 heteroatoms. The molecular weight excluding hydrogens is 328 g/mol. The van der Waals surface area contributed by atoms with Gasteiger partial charge < -0.3 is 4.98 Å². The molecule has 0 aliphatic heterocycles. The van der Waals surface area contributed by atoms with Crippen LogP contribution in [0.15, 0.2) is 48.2 Å². The molecule has 1 unspecified atom stereocenters. The Hall–Kier alpha value is -2.11. The van der Waals surface area contributed by atoms with Crippen molar-refractivity contribution in [2.75, 3.05) is 0 Å². The first-order valence-corrected chi connectivity index (χ1v) is 8.67. The van der Waals surface area contributed by atoms with E-state index in [1.54, 1.807) is 17.5 Å². The number of hydrogen-bond acceptors (Lipinski definition) is 3. The lowest BCUT2D eigenvalue weighted by Crippen LogP contribution is -2.08. The van der Waals surface area contributed by atoms with Crippen LogP contribution in [0, 0.1) is 0 Å². The zero-order valence-electron chi connectivity index (χ0n) is 12.5. The van der Waals surface area contributed by atoms with Crippen molar-refractivity contribution in [2.45, 2.75) is 19.4 Å². The van der Waals surface area contributed by atoms with Crippen LogP contribution >= 0.6 is 22.9 Å². The summed E-state index contributed by atoms with van der Waals surface area (Å²) < 4.78 is 1.88. The Morgan fingerprint density at radius 2 is 2.22 bits per heavy atom. The first kappa shape index (κ1) is 14.5. The Bertz CT molecular complexity index is 952. The summed E-state index contributed by atoms with van der Waals surface area (Å²) in [6.45, 7) is 2.12. The minimum Gasteiger partial charge on any atom is -0.360 e. The van der Waals surface area contributed by atoms with Crippen molar-refractivity contribution in [2.24, 2.45) is 0 Å². The van der Waals surface area contributed by atoms with E-state index in [1.165, 1.54) is 5.39 Å². The normalized spacial score (nSPS) is 12.8. The SMILES string of the molecule is CC(Cc1nc(-c2c[nH]c3ccccc23)cs1)n1cc(Cl)cn1. The van der Waals surface area contributed by atoms with Gasteiger partial charge in [0, 0.05) is 40.7 Å². The van der Waals surface area contributed by atoms with E-state index in [-0.39, 0.29) is 6.04 Å². The van der Waals surface area contributed by atoms with E-state index in [0.29, 0.717) is 5.02 Å². The molecule has 0 amide bonds.